The zero-order valence-electron chi connectivity index (χ0n) is 11.9. The molecule has 0 radical (unpaired) electrons. The van der Waals surface area contributed by atoms with Crippen LogP contribution in [0.15, 0.2) is 12.7 Å². The van der Waals surface area contributed by atoms with Crippen molar-refractivity contribution < 1.29 is 14.3 Å². The van der Waals surface area contributed by atoms with E-state index in [2.05, 4.69) is 11.9 Å². The van der Waals surface area contributed by atoms with Crippen LogP contribution in [-0.2, 0) is 9.47 Å². The normalized spacial score (nSPS) is 27.9. The molecule has 108 valence electrons. The predicted molar refractivity (Wildman–Crippen MR) is 72.8 cm³/mol. The second kappa shape index (κ2) is 5.92. The Morgan fingerprint density at radius 2 is 2.21 bits per heavy atom. The lowest BCUT2D eigenvalue weighted by Gasteiger charge is -2.40. The largest absolute Gasteiger partial charge is 0.347 e. The van der Waals surface area contributed by atoms with E-state index in [0.717, 1.165) is 19.4 Å². The SMILES string of the molecule is C=C[C@@H](C)NC(=O)N1CCC[C@@H](C2(C)OCCO2)C1. The topological polar surface area (TPSA) is 50.8 Å². The summed E-state index contributed by atoms with van der Waals surface area (Å²) < 4.78 is 11.4. The molecule has 0 aromatic rings. The Labute approximate surface area is 114 Å². The summed E-state index contributed by atoms with van der Waals surface area (Å²) in [6, 6.07) is -0.0406. The Morgan fingerprint density at radius 3 is 2.84 bits per heavy atom. The van der Waals surface area contributed by atoms with Crippen LogP contribution >= 0.6 is 0 Å². The molecule has 0 aliphatic carbocycles. The first-order valence-corrected chi connectivity index (χ1v) is 7.01. The van der Waals surface area contributed by atoms with Gasteiger partial charge in [0.2, 0.25) is 0 Å². The van der Waals surface area contributed by atoms with Gasteiger partial charge in [-0.1, -0.05) is 6.08 Å². The zero-order valence-corrected chi connectivity index (χ0v) is 11.9. The maximum absolute atomic E-state index is 12.1. The maximum atomic E-state index is 12.1. The molecule has 0 spiro atoms. The fraction of sp³-hybridized carbons (Fsp3) is 0.786. The summed E-state index contributed by atoms with van der Waals surface area (Å²) in [7, 11) is 0. The van der Waals surface area contributed by atoms with Crippen LogP contribution in [0.2, 0.25) is 0 Å². The van der Waals surface area contributed by atoms with Crippen molar-refractivity contribution in [1.82, 2.24) is 10.2 Å². The minimum absolute atomic E-state index is 0.0116. The average Bonchev–Trinajstić information content (AvgIpc) is 2.87. The molecule has 0 unspecified atom stereocenters. The van der Waals surface area contributed by atoms with Crippen LogP contribution in [0.3, 0.4) is 0 Å². The Balaban J connectivity index is 1.93. The van der Waals surface area contributed by atoms with Gasteiger partial charge in [-0.05, 0) is 26.7 Å². The van der Waals surface area contributed by atoms with Crippen molar-refractivity contribution in [2.24, 2.45) is 5.92 Å². The molecule has 0 aromatic carbocycles. The quantitative estimate of drug-likeness (QED) is 0.793. The van der Waals surface area contributed by atoms with Gasteiger partial charge in [0, 0.05) is 25.0 Å². The molecular weight excluding hydrogens is 244 g/mol. The van der Waals surface area contributed by atoms with Crippen molar-refractivity contribution in [3.05, 3.63) is 12.7 Å². The highest BCUT2D eigenvalue weighted by Crippen LogP contribution is 2.33. The van der Waals surface area contributed by atoms with Crippen molar-refractivity contribution in [3.63, 3.8) is 0 Å². The smallest absolute Gasteiger partial charge is 0.317 e. The summed E-state index contributed by atoms with van der Waals surface area (Å²) in [5.74, 6) is -0.281. The molecule has 0 aromatic heterocycles. The van der Waals surface area contributed by atoms with Gasteiger partial charge >= 0.3 is 6.03 Å². The highest BCUT2D eigenvalue weighted by Gasteiger charge is 2.42. The van der Waals surface area contributed by atoms with Crippen molar-refractivity contribution >= 4 is 6.03 Å². The Bertz CT molecular complexity index is 340. The first kappa shape index (κ1) is 14.3. The number of ether oxygens (including phenoxy) is 2. The highest BCUT2D eigenvalue weighted by atomic mass is 16.7. The van der Waals surface area contributed by atoms with Crippen LogP contribution in [0, 0.1) is 5.92 Å². The van der Waals surface area contributed by atoms with Crippen LogP contribution in [-0.4, -0.2) is 49.1 Å². The van der Waals surface area contributed by atoms with Gasteiger partial charge in [-0.2, -0.15) is 0 Å². The molecule has 2 heterocycles. The molecule has 2 aliphatic rings. The van der Waals surface area contributed by atoms with Gasteiger partial charge in [0.05, 0.1) is 13.2 Å². The molecule has 0 bridgehead atoms. The molecule has 2 atom stereocenters. The summed E-state index contributed by atoms with van der Waals surface area (Å²) in [6.45, 7) is 10.3. The van der Waals surface area contributed by atoms with Crippen molar-refractivity contribution in [3.8, 4) is 0 Å². The molecule has 2 rings (SSSR count). The van der Waals surface area contributed by atoms with E-state index in [4.69, 9.17) is 9.47 Å². The summed E-state index contributed by atoms with van der Waals surface area (Å²) in [6.07, 6.45) is 3.75. The lowest BCUT2D eigenvalue weighted by molar-refractivity contribution is -0.189. The minimum atomic E-state index is -0.525. The zero-order chi connectivity index (χ0) is 13.9. The molecule has 5 nitrogen and oxygen atoms in total. The molecule has 0 saturated carbocycles. The maximum Gasteiger partial charge on any atom is 0.317 e. The summed E-state index contributed by atoms with van der Waals surface area (Å²) >= 11 is 0. The number of amides is 2. The van der Waals surface area contributed by atoms with Crippen LogP contribution in [0.5, 0.6) is 0 Å². The Hall–Kier alpha value is -1.07. The molecule has 2 fully saturated rings. The summed E-state index contributed by atoms with van der Waals surface area (Å²) in [4.78, 5) is 14.0. The third kappa shape index (κ3) is 3.28. The standard InChI is InChI=1S/C14H24N2O3/c1-4-11(2)15-13(17)16-7-5-6-12(10-16)14(3)18-8-9-19-14/h4,11-12H,1,5-10H2,2-3H3,(H,15,17)/t11-,12-/m1/s1. The van der Waals surface area contributed by atoms with Gasteiger partial charge in [0.25, 0.3) is 0 Å². The van der Waals surface area contributed by atoms with Gasteiger partial charge in [-0.25, -0.2) is 4.79 Å². The summed E-state index contributed by atoms with van der Waals surface area (Å²) in [5, 5.41) is 2.91. The number of likely N-dealkylation sites (tertiary alicyclic amines) is 1. The molecular formula is C14H24N2O3. The van der Waals surface area contributed by atoms with E-state index in [1.165, 1.54) is 0 Å². The van der Waals surface area contributed by atoms with E-state index in [-0.39, 0.29) is 18.0 Å². The number of urea groups is 1. The average molecular weight is 268 g/mol. The number of rotatable bonds is 3. The summed E-state index contributed by atoms with van der Waals surface area (Å²) in [5.41, 5.74) is 0. The van der Waals surface area contributed by atoms with E-state index in [9.17, 15) is 4.79 Å². The predicted octanol–water partition coefficient (Wildman–Crippen LogP) is 1.75. The van der Waals surface area contributed by atoms with Crippen LogP contribution in [0.25, 0.3) is 0 Å². The van der Waals surface area contributed by atoms with E-state index >= 15 is 0 Å². The van der Waals surface area contributed by atoms with E-state index in [0.29, 0.717) is 19.8 Å². The molecule has 5 heteroatoms. The van der Waals surface area contributed by atoms with Crippen molar-refractivity contribution in [1.29, 1.82) is 0 Å². The number of piperidine rings is 1. The van der Waals surface area contributed by atoms with E-state index < -0.39 is 5.79 Å². The molecule has 19 heavy (non-hydrogen) atoms. The van der Waals surface area contributed by atoms with E-state index in [1.54, 1.807) is 6.08 Å². The lowest BCUT2D eigenvalue weighted by Crippen LogP contribution is -2.52. The number of hydrogen-bond acceptors (Lipinski definition) is 3. The number of carbonyl (C=O) groups is 1. The lowest BCUT2D eigenvalue weighted by atomic mass is 9.90. The highest BCUT2D eigenvalue weighted by molar-refractivity contribution is 5.74. The third-order valence-corrected chi connectivity index (χ3v) is 4.02. The van der Waals surface area contributed by atoms with Crippen LogP contribution < -0.4 is 5.32 Å². The molecule has 2 aliphatic heterocycles. The molecule has 1 N–H and O–H groups in total. The monoisotopic (exact) mass is 268 g/mol. The Kier molecular flexibility index (Phi) is 4.47. The number of carbonyl (C=O) groups excluding carboxylic acids is 1. The van der Waals surface area contributed by atoms with E-state index in [1.807, 2.05) is 18.7 Å². The fourth-order valence-corrected chi connectivity index (χ4v) is 2.70. The number of hydrogen-bond donors (Lipinski definition) is 1. The van der Waals surface area contributed by atoms with Gasteiger partial charge in [0.15, 0.2) is 5.79 Å². The Morgan fingerprint density at radius 1 is 1.53 bits per heavy atom. The van der Waals surface area contributed by atoms with Gasteiger partial charge in [0.1, 0.15) is 0 Å². The van der Waals surface area contributed by atoms with Gasteiger partial charge in [-0.3, -0.25) is 0 Å². The van der Waals surface area contributed by atoms with Crippen LogP contribution in [0.1, 0.15) is 26.7 Å². The third-order valence-electron chi connectivity index (χ3n) is 4.02. The minimum Gasteiger partial charge on any atom is -0.347 e. The number of nitrogens with zero attached hydrogens (tertiary/aromatic N) is 1. The first-order chi connectivity index (χ1) is 9.05. The first-order valence-electron chi connectivity index (χ1n) is 7.01. The number of nitrogens with one attached hydrogen (secondary N) is 1. The van der Waals surface area contributed by atoms with Crippen LogP contribution in [0.4, 0.5) is 4.79 Å². The van der Waals surface area contributed by atoms with Gasteiger partial charge < -0.3 is 19.7 Å². The fourth-order valence-electron chi connectivity index (χ4n) is 2.70. The molecule has 2 saturated heterocycles. The second-order valence-electron chi connectivity index (χ2n) is 5.47. The molecule has 2 amide bonds. The van der Waals surface area contributed by atoms with Crippen molar-refractivity contribution in [2.45, 2.75) is 38.5 Å². The van der Waals surface area contributed by atoms with Gasteiger partial charge in [-0.15, -0.1) is 6.58 Å². The second-order valence-corrected chi connectivity index (χ2v) is 5.47. The van der Waals surface area contributed by atoms with Crippen molar-refractivity contribution in [2.75, 3.05) is 26.3 Å².